The highest BCUT2D eigenvalue weighted by atomic mass is 19.3. The van der Waals surface area contributed by atoms with E-state index in [4.69, 9.17) is 10.8 Å². The molecule has 1 aliphatic rings. The van der Waals surface area contributed by atoms with Crippen LogP contribution in [0.15, 0.2) is 0 Å². The first-order chi connectivity index (χ1) is 4.94. The third kappa shape index (κ3) is 1.51. The molecule has 0 spiro atoms. The van der Waals surface area contributed by atoms with Crippen molar-refractivity contribution >= 4 is 0 Å². The molecular formula is C7H13F2NO. The van der Waals surface area contributed by atoms with E-state index in [0.29, 0.717) is 6.42 Å². The molecule has 0 aliphatic heterocycles. The number of nitrogens with two attached hydrogens (primary N) is 1. The molecule has 0 aromatic rings. The van der Waals surface area contributed by atoms with E-state index in [0.717, 1.165) is 0 Å². The van der Waals surface area contributed by atoms with E-state index < -0.39 is 17.9 Å². The maximum absolute atomic E-state index is 12.9. The van der Waals surface area contributed by atoms with E-state index in [9.17, 15) is 8.78 Å². The average molecular weight is 165 g/mol. The molecule has 0 amide bonds. The highest BCUT2D eigenvalue weighted by Gasteiger charge is 2.48. The minimum Gasteiger partial charge on any atom is -0.387 e. The fourth-order valence-corrected chi connectivity index (χ4v) is 1.48. The van der Waals surface area contributed by atoms with E-state index >= 15 is 0 Å². The van der Waals surface area contributed by atoms with Crippen molar-refractivity contribution in [1.82, 2.24) is 0 Å². The molecule has 1 saturated carbocycles. The Kier molecular flexibility index (Phi) is 2.16. The van der Waals surface area contributed by atoms with Crippen LogP contribution in [0.3, 0.4) is 0 Å². The van der Waals surface area contributed by atoms with Crippen molar-refractivity contribution in [2.45, 2.75) is 37.8 Å². The standard InChI is InChI=1S/C7H13F2NO/c1-4-2-5(10)3-6(11)7(4,8)9/h4-6,11H,2-3,10H2,1H3. The first-order valence-corrected chi connectivity index (χ1v) is 3.76. The zero-order valence-corrected chi connectivity index (χ0v) is 6.43. The van der Waals surface area contributed by atoms with Crippen LogP contribution in [0.5, 0.6) is 0 Å². The number of aliphatic hydroxyl groups excluding tert-OH is 1. The minimum absolute atomic E-state index is 0.0112. The van der Waals surface area contributed by atoms with E-state index in [1.54, 1.807) is 0 Å². The van der Waals surface area contributed by atoms with E-state index in [1.165, 1.54) is 6.92 Å². The van der Waals surface area contributed by atoms with E-state index in [2.05, 4.69) is 0 Å². The molecule has 0 aromatic carbocycles. The topological polar surface area (TPSA) is 46.2 Å². The second-order valence-corrected chi connectivity index (χ2v) is 3.32. The molecular weight excluding hydrogens is 152 g/mol. The number of halogens is 2. The van der Waals surface area contributed by atoms with Crippen LogP contribution in [0.1, 0.15) is 19.8 Å². The molecule has 0 bridgehead atoms. The smallest absolute Gasteiger partial charge is 0.276 e. The molecule has 0 radical (unpaired) electrons. The SMILES string of the molecule is CC1CC(N)CC(O)C1(F)F. The first-order valence-electron chi connectivity index (χ1n) is 3.76. The first kappa shape index (κ1) is 8.87. The van der Waals surface area contributed by atoms with Gasteiger partial charge in [0.2, 0.25) is 0 Å². The van der Waals surface area contributed by atoms with Crippen molar-refractivity contribution in [3.63, 3.8) is 0 Å². The average Bonchev–Trinajstić information content (AvgIpc) is 1.84. The van der Waals surface area contributed by atoms with Gasteiger partial charge in [0.05, 0.1) is 0 Å². The minimum atomic E-state index is -2.95. The van der Waals surface area contributed by atoms with Gasteiger partial charge in [0.1, 0.15) is 6.10 Å². The summed E-state index contributed by atoms with van der Waals surface area (Å²) in [6.45, 7) is 1.42. The van der Waals surface area contributed by atoms with Gasteiger partial charge in [0.25, 0.3) is 5.92 Å². The lowest BCUT2D eigenvalue weighted by atomic mass is 9.82. The molecule has 3 atom stereocenters. The summed E-state index contributed by atoms with van der Waals surface area (Å²) in [4.78, 5) is 0. The van der Waals surface area contributed by atoms with Crippen LogP contribution in [0.2, 0.25) is 0 Å². The van der Waals surface area contributed by atoms with Crippen LogP contribution in [-0.2, 0) is 0 Å². The summed E-state index contributed by atoms with van der Waals surface area (Å²) in [6, 6.07) is -0.278. The molecule has 3 unspecified atom stereocenters. The van der Waals surface area contributed by atoms with Gasteiger partial charge in [-0.25, -0.2) is 8.78 Å². The molecule has 11 heavy (non-hydrogen) atoms. The summed E-state index contributed by atoms with van der Waals surface area (Å²) in [5.41, 5.74) is 5.44. The highest BCUT2D eigenvalue weighted by Crippen LogP contribution is 2.37. The molecule has 4 heteroatoms. The Balaban J connectivity index is 2.67. The van der Waals surface area contributed by atoms with E-state index in [1.807, 2.05) is 0 Å². The monoisotopic (exact) mass is 165 g/mol. The fraction of sp³-hybridized carbons (Fsp3) is 1.00. The summed E-state index contributed by atoms with van der Waals surface area (Å²) in [5.74, 6) is -3.75. The van der Waals surface area contributed by atoms with Gasteiger partial charge in [-0.05, 0) is 12.8 Å². The Morgan fingerprint density at radius 3 is 2.45 bits per heavy atom. The lowest BCUT2D eigenvalue weighted by Gasteiger charge is -2.36. The maximum Gasteiger partial charge on any atom is 0.276 e. The third-order valence-electron chi connectivity index (χ3n) is 2.28. The van der Waals surface area contributed by atoms with Crippen molar-refractivity contribution in [3.8, 4) is 0 Å². The van der Waals surface area contributed by atoms with Crippen LogP contribution >= 0.6 is 0 Å². The van der Waals surface area contributed by atoms with Crippen LogP contribution in [0.25, 0.3) is 0 Å². The van der Waals surface area contributed by atoms with Crippen LogP contribution < -0.4 is 5.73 Å². The summed E-state index contributed by atoms with van der Waals surface area (Å²) < 4.78 is 25.7. The van der Waals surface area contributed by atoms with Gasteiger partial charge < -0.3 is 10.8 Å². The summed E-state index contributed by atoms with van der Waals surface area (Å²) >= 11 is 0. The number of alkyl halides is 2. The molecule has 1 fully saturated rings. The molecule has 1 aliphatic carbocycles. The summed E-state index contributed by atoms with van der Waals surface area (Å²) in [5, 5.41) is 8.95. The molecule has 66 valence electrons. The van der Waals surface area contributed by atoms with E-state index in [-0.39, 0.29) is 12.5 Å². The van der Waals surface area contributed by atoms with Crippen LogP contribution in [-0.4, -0.2) is 23.2 Å². The van der Waals surface area contributed by atoms with Gasteiger partial charge in [-0.2, -0.15) is 0 Å². The maximum atomic E-state index is 12.9. The summed E-state index contributed by atoms with van der Waals surface area (Å²) in [6.07, 6.45) is -1.25. The second-order valence-electron chi connectivity index (χ2n) is 3.32. The molecule has 3 N–H and O–H groups in total. The Morgan fingerprint density at radius 1 is 1.45 bits per heavy atom. The number of rotatable bonds is 0. The number of hydrogen-bond donors (Lipinski definition) is 2. The molecule has 0 heterocycles. The zero-order chi connectivity index (χ0) is 8.65. The Hall–Kier alpha value is -0.220. The van der Waals surface area contributed by atoms with Gasteiger partial charge in [-0.15, -0.1) is 0 Å². The second kappa shape index (κ2) is 2.68. The van der Waals surface area contributed by atoms with Crippen LogP contribution in [0, 0.1) is 5.92 Å². The largest absolute Gasteiger partial charge is 0.387 e. The Morgan fingerprint density at radius 2 is 2.00 bits per heavy atom. The Labute approximate surface area is 64.4 Å². The predicted octanol–water partition coefficient (Wildman–Crippen LogP) is 0.740. The van der Waals surface area contributed by atoms with Crippen molar-refractivity contribution in [3.05, 3.63) is 0 Å². The Bertz CT molecular complexity index is 137. The van der Waals surface area contributed by atoms with Crippen LogP contribution in [0.4, 0.5) is 8.78 Å². The van der Waals surface area contributed by atoms with Gasteiger partial charge in [0.15, 0.2) is 0 Å². The van der Waals surface area contributed by atoms with Gasteiger partial charge >= 0.3 is 0 Å². The molecule has 2 nitrogen and oxygen atoms in total. The van der Waals surface area contributed by atoms with Gasteiger partial charge in [0, 0.05) is 12.0 Å². The molecule has 1 rings (SSSR count). The fourth-order valence-electron chi connectivity index (χ4n) is 1.48. The highest BCUT2D eigenvalue weighted by molar-refractivity contribution is 4.91. The molecule has 0 aromatic heterocycles. The van der Waals surface area contributed by atoms with Gasteiger partial charge in [-0.1, -0.05) is 6.92 Å². The van der Waals surface area contributed by atoms with Gasteiger partial charge in [-0.3, -0.25) is 0 Å². The zero-order valence-electron chi connectivity index (χ0n) is 6.43. The lowest BCUT2D eigenvalue weighted by Crippen LogP contribution is -2.49. The number of hydrogen-bond acceptors (Lipinski definition) is 2. The third-order valence-corrected chi connectivity index (χ3v) is 2.28. The molecule has 0 saturated heterocycles. The van der Waals surface area contributed by atoms with Crippen molar-refractivity contribution in [2.75, 3.05) is 0 Å². The van der Waals surface area contributed by atoms with Crippen molar-refractivity contribution in [1.29, 1.82) is 0 Å². The summed E-state index contributed by atoms with van der Waals surface area (Å²) in [7, 11) is 0. The number of aliphatic hydroxyl groups is 1. The van der Waals surface area contributed by atoms with Crippen molar-refractivity contribution in [2.24, 2.45) is 11.7 Å². The van der Waals surface area contributed by atoms with Crippen molar-refractivity contribution < 1.29 is 13.9 Å². The normalized spacial score (nSPS) is 43.9. The quantitative estimate of drug-likeness (QED) is 0.556. The predicted molar refractivity (Wildman–Crippen MR) is 37.3 cm³/mol. The lowest BCUT2D eigenvalue weighted by molar-refractivity contribution is -0.166.